The van der Waals surface area contributed by atoms with Crippen LogP contribution in [0.4, 0.5) is 4.39 Å². The summed E-state index contributed by atoms with van der Waals surface area (Å²) in [5, 5.41) is 9.10. The van der Waals surface area contributed by atoms with Crippen molar-refractivity contribution in [1.29, 1.82) is 0 Å². The van der Waals surface area contributed by atoms with E-state index < -0.39 is 5.97 Å². The fraction of sp³-hybridized carbons (Fsp3) is 0.533. The molecule has 0 amide bonds. The molecule has 0 aromatic heterocycles. The number of benzene rings is 1. The lowest BCUT2D eigenvalue weighted by molar-refractivity contribution is -0.144. The van der Waals surface area contributed by atoms with Gasteiger partial charge in [0.1, 0.15) is 5.82 Å². The average Bonchev–Trinajstić information content (AvgIpc) is 2.37. The van der Waals surface area contributed by atoms with E-state index in [1.807, 2.05) is 0 Å². The molecule has 1 heterocycles. The summed E-state index contributed by atoms with van der Waals surface area (Å²) in [5.41, 5.74) is 1.03. The van der Waals surface area contributed by atoms with E-state index in [0.29, 0.717) is 12.8 Å². The van der Waals surface area contributed by atoms with E-state index >= 15 is 0 Å². The maximum absolute atomic E-state index is 13.2. The fourth-order valence-corrected chi connectivity index (χ4v) is 3.69. The number of hydrogen-bond donors (Lipinski definition) is 1. The lowest BCUT2D eigenvalue weighted by atomic mass is 9.89. The number of carboxylic acids is 1. The van der Waals surface area contributed by atoms with Crippen LogP contribution in [0.5, 0.6) is 0 Å². The number of halogens is 2. The molecule has 1 aromatic carbocycles. The van der Waals surface area contributed by atoms with Crippen molar-refractivity contribution in [3.05, 3.63) is 34.1 Å². The van der Waals surface area contributed by atoms with Crippen LogP contribution in [0.15, 0.2) is 22.7 Å². The molecule has 3 unspecified atom stereocenters. The van der Waals surface area contributed by atoms with E-state index in [4.69, 9.17) is 5.11 Å². The van der Waals surface area contributed by atoms with Gasteiger partial charge in [0.05, 0.1) is 5.92 Å². The van der Waals surface area contributed by atoms with E-state index in [1.54, 1.807) is 6.07 Å². The molecule has 1 aliphatic rings. The highest BCUT2D eigenvalue weighted by Gasteiger charge is 2.32. The third-order valence-corrected chi connectivity index (χ3v) is 4.87. The van der Waals surface area contributed by atoms with Gasteiger partial charge in [-0.3, -0.25) is 9.69 Å². The van der Waals surface area contributed by atoms with Gasteiger partial charge in [-0.1, -0.05) is 22.0 Å². The summed E-state index contributed by atoms with van der Waals surface area (Å²) in [7, 11) is 0. The van der Waals surface area contributed by atoms with Crippen LogP contribution in [0.3, 0.4) is 0 Å². The summed E-state index contributed by atoms with van der Waals surface area (Å²) >= 11 is 3.41. The molecule has 0 saturated carbocycles. The smallest absolute Gasteiger partial charge is 0.306 e. The van der Waals surface area contributed by atoms with Crippen molar-refractivity contribution >= 4 is 21.9 Å². The van der Waals surface area contributed by atoms with Crippen LogP contribution in [0.1, 0.15) is 38.3 Å². The Hall–Kier alpha value is -0.940. The largest absolute Gasteiger partial charge is 0.481 e. The van der Waals surface area contributed by atoms with E-state index in [-0.39, 0.29) is 23.8 Å². The first kappa shape index (κ1) is 15.4. The van der Waals surface area contributed by atoms with Gasteiger partial charge in [-0.05, 0) is 50.9 Å². The van der Waals surface area contributed by atoms with Crippen molar-refractivity contribution in [3.63, 3.8) is 0 Å². The van der Waals surface area contributed by atoms with Gasteiger partial charge in [-0.2, -0.15) is 0 Å². The average molecular weight is 344 g/mol. The van der Waals surface area contributed by atoms with Crippen molar-refractivity contribution in [2.45, 2.75) is 38.8 Å². The van der Waals surface area contributed by atoms with Gasteiger partial charge in [0, 0.05) is 16.6 Å². The van der Waals surface area contributed by atoms with Gasteiger partial charge in [-0.15, -0.1) is 0 Å². The second-order valence-electron chi connectivity index (χ2n) is 5.49. The number of carbonyl (C=O) groups is 1. The van der Waals surface area contributed by atoms with Gasteiger partial charge >= 0.3 is 5.97 Å². The van der Waals surface area contributed by atoms with Gasteiger partial charge in [0.2, 0.25) is 0 Å². The Morgan fingerprint density at radius 3 is 2.80 bits per heavy atom. The van der Waals surface area contributed by atoms with E-state index in [0.717, 1.165) is 16.6 Å². The molecule has 1 aromatic rings. The maximum Gasteiger partial charge on any atom is 0.306 e. The van der Waals surface area contributed by atoms with Crippen molar-refractivity contribution in [2.75, 3.05) is 6.54 Å². The van der Waals surface area contributed by atoms with E-state index in [2.05, 4.69) is 34.7 Å². The summed E-state index contributed by atoms with van der Waals surface area (Å²) in [5.74, 6) is -1.21. The predicted molar refractivity (Wildman–Crippen MR) is 79.0 cm³/mol. The third-order valence-electron chi connectivity index (χ3n) is 4.19. The molecular formula is C15H19BrFNO2. The Bertz CT molecular complexity index is 509. The number of nitrogens with zero attached hydrogens (tertiary/aromatic N) is 1. The quantitative estimate of drug-likeness (QED) is 0.906. The predicted octanol–water partition coefficient (Wildman–Crippen LogP) is 3.83. The van der Waals surface area contributed by atoms with Crippen LogP contribution in [0.25, 0.3) is 0 Å². The molecule has 1 saturated heterocycles. The Kier molecular flexibility index (Phi) is 4.81. The standard InChI is InChI=1S/C15H19BrFNO2/c1-9-7-11(15(19)20)5-6-18(9)10(2)13-4-3-12(17)8-14(13)16/h3-4,8-11H,5-7H2,1-2H3,(H,19,20). The van der Waals surface area contributed by atoms with Gasteiger partial charge < -0.3 is 5.11 Å². The first-order valence-electron chi connectivity index (χ1n) is 6.83. The molecule has 1 N–H and O–H groups in total. The zero-order valence-electron chi connectivity index (χ0n) is 11.6. The molecule has 0 bridgehead atoms. The minimum Gasteiger partial charge on any atom is -0.481 e. The van der Waals surface area contributed by atoms with Gasteiger partial charge in [0.25, 0.3) is 0 Å². The Balaban J connectivity index is 2.13. The first-order valence-corrected chi connectivity index (χ1v) is 7.63. The van der Waals surface area contributed by atoms with Crippen LogP contribution >= 0.6 is 15.9 Å². The number of rotatable bonds is 3. The van der Waals surface area contributed by atoms with Crippen molar-refractivity contribution in [2.24, 2.45) is 5.92 Å². The van der Waals surface area contributed by atoms with E-state index in [9.17, 15) is 9.18 Å². The molecule has 3 atom stereocenters. The topological polar surface area (TPSA) is 40.5 Å². The van der Waals surface area contributed by atoms with Gasteiger partial charge in [0.15, 0.2) is 0 Å². The highest BCUT2D eigenvalue weighted by atomic mass is 79.9. The van der Waals surface area contributed by atoms with E-state index in [1.165, 1.54) is 12.1 Å². The highest BCUT2D eigenvalue weighted by molar-refractivity contribution is 9.10. The monoisotopic (exact) mass is 343 g/mol. The van der Waals surface area contributed by atoms with Crippen molar-refractivity contribution in [3.8, 4) is 0 Å². The Labute approximate surface area is 126 Å². The van der Waals surface area contributed by atoms with Crippen LogP contribution in [-0.2, 0) is 4.79 Å². The zero-order chi connectivity index (χ0) is 14.9. The summed E-state index contributed by atoms with van der Waals surface area (Å²) in [6.45, 7) is 4.89. The summed E-state index contributed by atoms with van der Waals surface area (Å²) < 4.78 is 13.9. The Morgan fingerprint density at radius 1 is 1.55 bits per heavy atom. The Morgan fingerprint density at radius 2 is 2.25 bits per heavy atom. The van der Waals surface area contributed by atoms with Crippen LogP contribution in [0, 0.1) is 11.7 Å². The van der Waals surface area contributed by atoms with Crippen LogP contribution in [0.2, 0.25) is 0 Å². The first-order chi connectivity index (χ1) is 9.40. The molecule has 110 valence electrons. The van der Waals surface area contributed by atoms with Crippen LogP contribution < -0.4 is 0 Å². The van der Waals surface area contributed by atoms with Crippen LogP contribution in [-0.4, -0.2) is 28.6 Å². The highest BCUT2D eigenvalue weighted by Crippen LogP contribution is 2.34. The minimum absolute atomic E-state index is 0.134. The van der Waals surface area contributed by atoms with Crippen molar-refractivity contribution in [1.82, 2.24) is 4.90 Å². The second-order valence-corrected chi connectivity index (χ2v) is 6.34. The normalized spacial score (nSPS) is 25.4. The summed E-state index contributed by atoms with van der Waals surface area (Å²) in [6, 6.07) is 5.07. The molecule has 2 rings (SSSR count). The maximum atomic E-state index is 13.2. The third kappa shape index (κ3) is 3.20. The van der Waals surface area contributed by atoms with Gasteiger partial charge in [-0.25, -0.2) is 4.39 Å². The number of carboxylic acid groups (broad SMARTS) is 1. The molecule has 0 spiro atoms. The fourth-order valence-electron chi connectivity index (χ4n) is 3.01. The molecule has 1 aliphatic heterocycles. The molecule has 0 radical (unpaired) electrons. The number of aliphatic carboxylic acids is 1. The number of piperidine rings is 1. The number of likely N-dealkylation sites (tertiary alicyclic amines) is 1. The molecular weight excluding hydrogens is 325 g/mol. The lowest BCUT2D eigenvalue weighted by Crippen LogP contribution is -2.44. The molecule has 20 heavy (non-hydrogen) atoms. The summed E-state index contributed by atoms with van der Waals surface area (Å²) in [4.78, 5) is 13.4. The molecule has 3 nitrogen and oxygen atoms in total. The van der Waals surface area contributed by atoms with Crippen molar-refractivity contribution < 1.29 is 14.3 Å². The minimum atomic E-state index is -0.702. The molecule has 0 aliphatic carbocycles. The molecule has 1 fully saturated rings. The lowest BCUT2D eigenvalue weighted by Gasteiger charge is -2.40. The second kappa shape index (κ2) is 6.22. The number of hydrogen-bond acceptors (Lipinski definition) is 2. The zero-order valence-corrected chi connectivity index (χ0v) is 13.2. The molecule has 5 heteroatoms. The SMILES string of the molecule is CC1CC(C(=O)O)CCN1C(C)c1ccc(F)cc1Br. The summed E-state index contributed by atoms with van der Waals surface area (Å²) in [6.07, 6.45) is 1.33.